The largest absolute Gasteiger partial charge is 0.497 e. The molecule has 3 aromatic rings. The minimum absolute atomic E-state index is 0.0209. The second-order valence-electron chi connectivity index (χ2n) is 7.37. The lowest BCUT2D eigenvalue weighted by atomic mass is 10.2. The minimum atomic E-state index is -0.232. The molecule has 1 aliphatic heterocycles. The molecular weight excluding hydrogens is 430 g/mol. The van der Waals surface area contributed by atoms with Crippen LogP contribution >= 0.6 is 11.8 Å². The summed E-state index contributed by atoms with van der Waals surface area (Å²) in [5, 5.41) is 3.91. The topological polar surface area (TPSA) is 91.7 Å². The molecule has 0 bridgehead atoms. The molecular formula is C23H25N3O5S. The Morgan fingerprint density at radius 1 is 1.25 bits per heavy atom. The summed E-state index contributed by atoms with van der Waals surface area (Å²) in [5.74, 6) is 0.991. The van der Waals surface area contributed by atoms with Crippen LogP contribution in [0.15, 0.2) is 52.4 Å². The van der Waals surface area contributed by atoms with E-state index in [4.69, 9.17) is 14.2 Å². The van der Waals surface area contributed by atoms with Gasteiger partial charge in [-0.15, -0.1) is 0 Å². The van der Waals surface area contributed by atoms with Crippen molar-refractivity contribution < 1.29 is 19.0 Å². The summed E-state index contributed by atoms with van der Waals surface area (Å²) in [4.78, 5) is 30.5. The Bertz CT molecular complexity index is 1170. The highest BCUT2D eigenvalue weighted by Crippen LogP contribution is 2.29. The molecule has 1 aliphatic rings. The van der Waals surface area contributed by atoms with Gasteiger partial charge in [0, 0.05) is 12.7 Å². The van der Waals surface area contributed by atoms with Crippen LogP contribution in [0.5, 0.6) is 11.5 Å². The van der Waals surface area contributed by atoms with E-state index in [9.17, 15) is 9.59 Å². The molecule has 1 unspecified atom stereocenters. The molecule has 4 rings (SSSR count). The van der Waals surface area contributed by atoms with Crippen LogP contribution in [0.4, 0.5) is 5.69 Å². The summed E-state index contributed by atoms with van der Waals surface area (Å²) in [6.45, 7) is 1.13. The molecule has 1 atom stereocenters. The average molecular weight is 456 g/mol. The zero-order valence-corrected chi connectivity index (χ0v) is 18.8. The number of hydrogen-bond donors (Lipinski definition) is 1. The highest BCUT2D eigenvalue weighted by atomic mass is 32.2. The number of fused-ring (bicyclic) bond motifs is 1. The number of ether oxygens (including phenoxy) is 3. The zero-order chi connectivity index (χ0) is 22.5. The second kappa shape index (κ2) is 10.1. The van der Waals surface area contributed by atoms with Crippen molar-refractivity contribution in [3.05, 3.63) is 52.8 Å². The number of nitrogens with one attached hydrogen (secondary N) is 1. The lowest BCUT2D eigenvalue weighted by molar-refractivity contribution is -0.113. The number of carbonyl (C=O) groups excluding carboxylic acids is 1. The molecule has 0 aliphatic carbocycles. The van der Waals surface area contributed by atoms with E-state index in [0.29, 0.717) is 46.4 Å². The average Bonchev–Trinajstić information content (AvgIpc) is 3.33. The number of thioether (sulfide) groups is 1. The zero-order valence-electron chi connectivity index (χ0n) is 18.0. The fraction of sp³-hybridized carbons (Fsp3) is 0.348. The molecule has 168 valence electrons. The first-order chi connectivity index (χ1) is 15.6. The molecule has 1 amide bonds. The van der Waals surface area contributed by atoms with E-state index in [-0.39, 0.29) is 23.3 Å². The maximum atomic E-state index is 13.1. The highest BCUT2D eigenvalue weighted by molar-refractivity contribution is 7.99. The van der Waals surface area contributed by atoms with Gasteiger partial charge in [-0.25, -0.2) is 4.98 Å². The van der Waals surface area contributed by atoms with Gasteiger partial charge in [0.25, 0.3) is 5.56 Å². The van der Waals surface area contributed by atoms with Gasteiger partial charge in [-0.05, 0) is 37.1 Å². The molecule has 1 fully saturated rings. The van der Waals surface area contributed by atoms with Crippen molar-refractivity contribution in [1.82, 2.24) is 9.55 Å². The van der Waals surface area contributed by atoms with E-state index in [1.807, 2.05) is 12.1 Å². The monoisotopic (exact) mass is 455 g/mol. The van der Waals surface area contributed by atoms with Gasteiger partial charge in [0.2, 0.25) is 5.91 Å². The van der Waals surface area contributed by atoms with Crippen LogP contribution in [-0.2, 0) is 16.1 Å². The fourth-order valence-corrected chi connectivity index (χ4v) is 4.44. The van der Waals surface area contributed by atoms with Crippen LogP contribution in [0.3, 0.4) is 0 Å². The number of rotatable bonds is 8. The highest BCUT2D eigenvalue weighted by Gasteiger charge is 2.21. The maximum Gasteiger partial charge on any atom is 0.262 e. The summed E-state index contributed by atoms with van der Waals surface area (Å²) in [7, 11) is 3.10. The van der Waals surface area contributed by atoms with Gasteiger partial charge in [-0.1, -0.05) is 23.9 Å². The van der Waals surface area contributed by atoms with Crippen LogP contribution in [0.2, 0.25) is 0 Å². The van der Waals surface area contributed by atoms with E-state index in [1.165, 1.54) is 18.9 Å². The number of aromatic nitrogens is 2. The lowest BCUT2D eigenvalue weighted by Gasteiger charge is -2.16. The van der Waals surface area contributed by atoms with E-state index in [2.05, 4.69) is 10.3 Å². The van der Waals surface area contributed by atoms with Gasteiger partial charge >= 0.3 is 0 Å². The number of nitrogens with zero attached hydrogens (tertiary/aromatic N) is 2. The van der Waals surface area contributed by atoms with Gasteiger partial charge in [0.15, 0.2) is 5.16 Å². The molecule has 2 aromatic carbocycles. The number of benzene rings is 2. The molecule has 9 heteroatoms. The number of carbonyl (C=O) groups is 1. The van der Waals surface area contributed by atoms with E-state index < -0.39 is 0 Å². The lowest BCUT2D eigenvalue weighted by Crippen LogP contribution is -2.29. The van der Waals surface area contributed by atoms with E-state index in [1.54, 1.807) is 42.0 Å². The molecule has 0 radical (unpaired) electrons. The molecule has 0 spiro atoms. The summed E-state index contributed by atoms with van der Waals surface area (Å²) in [5.41, 5.74) is 1.04. The van der Waals surface area contributed by atoms with Gasteiger partial charge in [-0.3, -0.25) is 14.2 Å². The number of anilines is 1. The Labute approximate surface area is 189 Å². The van der Waals surface area contributed by atoms with Crippen molar-refractivity contribution >= 4 is 34.3 Å². The Morgan fingerprint density at radius 2 is 2.09 bits per heavy atom. The third-order valence-corrected chi connectivity index (χ3v) is 6.23. The van der Waals surface area contributed by atoms with E-state index in [0.717, 1.165) is 12.8 Å². The third-order valence-electron chi connectivity index (χ3n) is 5.25. The Morgan fingerprint density at radius 3 is 2.84 bits per heavy atom. The van der Waals surface area contributed by atoms with Crippen molar-refractivity contribution in [3.63, 3.8) is 0 Å². The van der Waals surface area contributed by atoms with Crippen molar-refractivity contribution in [2.75, 3.05) is 31.9 Å². The van der Waals surface area contributed by atoms with Crippen molar-refractivity contribution in [2.24, 2.45) is 0 Å². The Balaban J connectivity index is 1.54. The number of para-hydroxylation sites is 1. The van der Waals surface area contributed by atoms with Crippen LogP contribution in [-0.4, -0.2) is 48.1 Å². The quantitative estimate of drug-likeness (QED) is 0.411. The number of hydrogen-bond acceptors (Lipinski definition) is 7. The summed E-state index contributed by atoms with van der Waals surface area (Å²) < 4.78 is 17.9. The number of methoxy groups -OCH3 is 2. The number of amides is 1. The Kier molecular flexibility index (Phi) is 6.96. The van der Waals surface area contributed by atoms with Crippen molar-refractivity contribution in [3.8, 4) is 11.5 Å². The molecule has 2 heterocycles. The predicted molar refractivity (Wildman–Crippen MR) is 124 cm³/mol. The van der Waals surface area contributed by atoms with Crippen molar-refractivity contribution in [2.45, 2.75) is 30.6 Å². The molecule has 1 N–H and O–H groups in total. The van der Waals surface area contributed by atoms with Crippen molar-refractivity contribution in [1.29, 1.82) is 0 Å². The normalized spacial score (nSPS) is 15.6. The fourth-order valence-electron chi connectivity index (χ4n) is 3.63. The first kappa shape index (κ1) is 22.2. The molecule has 8 nitrogen and oxygen atoms in total. The molecule has 1 aromatic heterocycles. The summed E-state index contributed by atoms with van der Waals surface area (Å²) >= 11 is 1.23. The van der Waals surface area contributed by atoms with Gasteiger partial charge < -0.3 is 19.5 Å². The van der Waals surface area contributed by atoms with Gasteiger partial charge in [0.05, 0.1) is 49.2 Å². The van der Waals surface area contributed by atoms with E-state index >= 15 is 0 Å². The first-order valence-electron chi connectivity index (χ1n) is 10.3. The van der Waals surface area contributed by atoms with Gasteiger partial charge in [-0.2, -0.15) is 0 Å². The molecule has 32 heavy (non-hydrogen) atoms. The summed E-state index contributed by atoms with van der Waals surface area (Å²) in [6, 6.07) is 12.4. The standard InChI is InChI=1S/C23H25N3O5S/c1-29-15-9-10-19(20(12-15)30-2)24-21(27)14-32-23-25-18-8-4-3-7-17(18)22(28)26(23)13-16-6-5-11-31-16/h3-4,7-10,12,16H,5-6,11,13-14H2,1-2H3,(H,24,27). The van der Waals surface area contributed by atoms with Crippen LogP contribution < -0.4 is 20.3 Å². The SMILES string of the molecule is COc1ccc(NC(=O)CSc2nc3ccccc3c(=O)n2CC2CCCO2)c(OC)c1. The van der Waals surface area contributed by atoms with Crippen LogP contribution in [0.1, 0.15) is 12.8 Å². The van der Waals surface area contributed by atoms with Crippen LogP contribution in [0.25, 0.3) is 10.9 Å². The Hall–Kier alpha value is -3.04. The first-order valence-corrected chi connectivity index (χ1v) is 11.3. The summed E-state index contributed by atoms with van der Waals surface area (Å²) in [6.07, 6.45) is 1.86. The predicted octanol–water partition coefficient (Wildman–Crippen LogP) is 3.32. The molecule has 1 saturated heterocycles. The van der Waals surface area contributed by atoms with Gasteiger partial charge in [0.1, 0.15) is 11.5 Å². The third kappa shape index (κ3) is 4.89. The molecule has 0 saturated carbocycles. The smallest absolute Gasteiger partial charge is 0.262 e. The maximum absolute atomic E-state index is 13.1. The second-order valence-corrected chi connectivity index (χ2v) is 8.31. The minimum Gasteiger partial charge on any atom is -0.497 e. The van der Waals surface area contributed by atoms with Crippen LogP contribution in [0, 0.1) is 0 Å².